The summed E-state index contributed by atoms with van der Waals surface area (Å²) in [5.41, 5.74) is 6.66. The van der Waals surface area contributed by atoms with Crippen molar-refractivity contribution in [3.8, 4) is 0 Å². The maximum absolute atomic E-state index is 5.72. The molecular weight excluding hydrogens is 220 g/mol. The first-order valence-electron chi connectivity index (χ1n) is 5.57. The minimum atomic E-state index is 0.571. The van der Waals surface area contributed by atoms with Gasteiger partial charge in [0.05, 0.1) is 6.54 Å². The molecule has 4 nitrogen and oxygen atoms in total. The molecule has 2 rings (SSSR count). The Morgan fingerprint density at radius 2 is 2.38 bits per heavy atom. The van der Waals surface area contributed by atoms with Crippen LogP contribution in [0, 0.1) is 6.92 Å². The Bertz CT molecular complexity index is 349. The van der Waals surface area contributed by atoms with Crippen molar-refractivity contribution >= 4 is 17.6 Å². The second-order valence-electron chi connectivity index (χ2n) is 4.27. The van der Waals surface area contributed by atoms with Gasteiger partial charge in [-0.25, -0.2) is 9.97 Å². The summed E-state index contributed by atoms with van der Waals surface area (Å²) in [6.07, 6.45) is 0. The molecule has 0 radical (unpaired) electrons. The van der Waals surface area contributed by atoms with Gasteiger partial charge in [0.1, 0.15) is 11.6 Å². The average Bonchev–Trinajstić information content (AvgIpc) is 2.15. The molecule has 2 N–H and O–H groups in total. The Hall–Kier alpha value is -0.810. The number of aryl methyl sites for hydroxylation is 1. The smallest absolute Gasteiger partial charge is 0.144 e. The van der Waals surface area contributed by atoms with Crippen LogP contribution in [-0.4, -0.2) is 39.0 Å². The van der Waals surface area contributed by atoms with Gasteiger partial charge in [0, 0.05) is 35.9 Å². The highest BCUT2D eigenvalue weighted by Crippen LogP contribution is 2.18. The van der Waals surface area contributed by atoms with Crippen LogP contribution in [0.2, 0.25) is 0 Å². The zero-order valence-electron chi connectivity index (χ0n) is 9.81. The van der Waals surface area contributed by atoms with E-state index in [1.54, 1.807) is 6.07 Å². The van der Waals surface area contributed by atoms with E-state index in [4.69, 9.17) is 5.73 Å². The third-order valence-electron chi connectivity index (χ3n) is 2.61. The highest BCUT2D eigenvalue weighted by atomic mass is 32.2. The number of nitrogens with zero attached hydrogens (tertiary/aromatic N) is 3. The van der Waals surface area contributed by atoms with E-state index in [1.165, 1.54) is 5.75 Å². The number of thioether (sulfide) groups is 1. The Balaban J connectivity index is 2.02. The maximum atomic E-state index is 5.72. The normalized spacial score (nSPS) is 22.2. The molecule has 0 saturated carbocycles. The van der Waals surface area contributed by atoms with Crippen LogP contribution in [0.1, 0.15) is 18.4 Å². The van der Waals surface area contributed by atoms with Crippen LogP contribution in [0.15, 0.2) is 6.07 Å². The van der Waals surface area contributed by atoms with E-state index >= 15 is 0 Å². The number of hydrogen-bond donors (Lipinski definition) is 1. The van der Waals surface area contributed by atoms with E-state index < -0.39 is 0 Å². The summed E-state index contributed by atoms with van der Waals surface area (Å²) in [5.74, 6) is 2.61. The van der Waals surface area contributed by atoms with Crippen LogP contribution in [0.4, 0.5) is 5.82 Å². The van der Waals surface area contributed by atoms with E-state index in [2.05, 4.69) is 21.8 Å². The van der Waals surface area contributed by atoms with Crippen LogP contribution in [0.3, 0.4) is 0 Å². The molecule has 0 amide bonds. The van der Waals surface area contributed by atoms with Gasteiger partial charge in [-0.3, -0.25) is 4.90 Å². The SMILES string of the molecule is Cc1cc(N)nc(CN2CCSC(C)C2)n1. The second kappa shape index (κ2) is 5.01. The molecule has 1 fully saturated rings. The predicted molar refractivity (Wildman–Crippen MR) is 68.4 cm³/mol. The molecule has 1 atom stereocenters. The fraction of sp³-hybridized carbons (Fsp3) is 0.636. The molecule has 1 aliphatic rings. The lowest BCUT2D eigenvalue weighted by atomic mass is 10.3. The summed E-state index contributed by atoms with van der Waals surface area (Å²) in [5, 5.41) is 0.705. The molecule has 1 unspecified atom stereocenters. The third-order valence-corrected chi connectivity index (χ3v) is 3.75. The lowest BCUT2D eigenvalue weighted by Gasteiger charge is -2.29. The summed E-state index contributed by atoms with van der Waals surface area (Å²) < 4.78 is 0. The lowest BCUT2D eigenvalue weighted by Crippen LogP contribution is -2.36. The molecule has 0 spiro atoms. The van der Waals surface area contributed by atoms with Crippen LogP contribution in [0.25, 0.3) is 0 Å². The minimum absolute atomic E-state index is 0.571. The summed E-state index contributed by atoms with van der Waals surface area (Å²) in [7, 11) is 0. The molecule has 16 heavy (non-hydrogen) atoms. The van der Waals surface area contributed by atoms with Gasteiger partial charge in [-0.15, -0.1) is 0 Å². The van der Waals surface area contributed by atoms with Crippen molar-refractivity contribution in [1.82, 2.24) is 14.9 Å². The van der Waals surface area contributed by atoms with Gasteiger partial charge < -0.3 is 5.73 Å². The summed E-state index contributed by atoms with van der Waals surface area (Å²) in [6.45, 7) is 7.27. The molecule has 0 aliphatic carbocycles. The Morgan fingerprint density at radius 3 is 3.06 bits per heavy atom. The molecule has 0 bridgehead atoms. The third kappa shape index (κ3) is 3.09. The van der Waals surface area contributed by atoms with E-state index in [0.29, 0.717) is 11.1 Å². The van der Waals surface area contributed by atoms with Crippen LogP contribution >= 0.6 is 11.8 Å². The second-order valence-corrected chi connectivity index (χ2v) is 5.81. The Kier molecular flexibility index (Phi) is 3.66. The highest BCUT2D eigenvalue weighted by molar-refractivity contribution is 7.99. The fourth-order valence-electron chi connectivity index (χ4n) is 1.96. The van der Waals surface area contributed by atoms with Crippen molar-refractivity contribution in [2.24, 2.45) is 0 Å². The zero-order chi connectivity index (χ0) is 11.5. The standard InChI is InChI=1S/C11H18N4S/c1-8-5-10(12)14-11(13-8)7-15-3-4-16-9(2)6-15/h5,9H,3-4,6-7H2,1-2H3,(H2,12,13,14). The molecule has 1 aromatic heterocycles. The van der Waals surface area contributed by atoms with Crippen molar-refractivity contribution < 1.29 is 0 Å². The quantitative estimate of drug-likeness (QED) is 0.842. The monoisotopic (exact) mass is 238 g/mol. The van der Waals surface area contributed by atoms with Crippen molar-refractivity contribution in [3.05, 3.63) is 17.6 Å². The fourth-order valence-corrected chi connectivity index (χ4v) is 3.04. The number of nitrogen functional groups attached to an aromatic ring is 1. The Morgan fingerprint density at radius 1 is 1.56 bits per heavy atom. The first-order chi connectivity index (χ1) is 7.63. The number of anilines is 1. The molecular formula is C11H18N4S. The van der Waals surface area contributed by atoms with E-state index in [0.717, 1.165) is 31.2 Å². The molecule has 1 aliphatic heterocycles. The van der Waals surface area contributed by atoms with Gasteiger partial charge in [0.2, 0.25) is 0 Å². The number of nitrogens with two attached hydrogens (primary N) is 1. The van der Waals surface area contributed by atoms with Gasteiger partial charge in [-0.05, 0) is 6.92 Å². The highest BCUT2D eigenvalue weighted by Gasteiger charge is 2.17. The number of hydrogen-bond acceptors (Lipinski definition) is 5. The van der Waals surface area contributed by atoms with Crippen molar-refractivity contribution in [2.45, 2.75) is 25.6 Å². The van der Waals surface area contributed by atoms with Crippen LogP contribution in [0.5, 0.6) is 0 Å². The molecule has 0 aromatic carbocycles. The molecule has 2 heterocycles. The molecule has 88 valence electrons. The van der Waals surface area contributed by atoms with E-state index in [-0.39, 0.29) is 0 Å². The summed E-state index contributed by atoms with van der Waals surface area (Å²) >= 11 is 2.03. The minimum Gasteiger partial charge on any atom is -0.384 e. The zero-order valence-corrected chi connectivity index (χ0v) is 10.6. The van der Waals surface area contributed by atoms with E-state index in [1.807, 2.05) is 18.7 Å². The first kappa shape index (κ1) is 11.7. The van der Waals surface area contributed by atoms with Crippen molar-refractivity contribution in [1.29, 1.82) is 0 Å². The van der Waals surface area contributed by atoms with Gasteiger partial charge >= 0.3 is 0 Å². The molecule has 1 saturated heterocycles. The van der Waals surface area contributed by atoms with Gasteiger partial charge in [0.25, 0.3) is 0 Å². The molecule has 5 heteroatoms. The largest absolute Gasteiger partial charge is 0.384 e. The van der Waals surface area contributed by atoms with Gasteiger partial charge in [-0.1, -0.05) is 6.92 Å². The maximum Gasteiger partial charge on any atom is 0.144 e. The van der Waals surface area contributed by atoms with Crippen molar-refractivity contribution in [2.75, 3.05) is 24.6 Å². The van der Waals surface area contributed by atoms with Crippen LogP contribution in [-0.2, 0) is 6.54 Å². The van der Waals surface area contributed by atoms with Gasteiger partial charge in [-0.2, -0.15) is 11.8 Å². The Labute approximate surface area is 101 Å². The lowest BCUT2D eigenvalue weighted by molar-refractivity contribution is 0.271. The van der Waals surface area contributed by atoms with Crippen LogP contribution < -0.4 is 5.73 Å². The topological polar surface area (TPSA) is 55.0 Å². The van der Waals surface area contributed by atoms with Gasteiger partial charge in [0.15, 0.2) is 0 Å². The van der Waals surface area contributed by atoms with Crippen molar-refractivity contribution in [3.63, 3.8) is 0 Å². The average molecular weight is 238 g/mol. The predicted octanol–water partition coefficient (Wildman–Crippen LogP) is 1.30. The first-order valence-corrected chi connectivity index (χ1v) is 6.62. The summed E-state index contributed by atoms with van der Waals surface area (Å²) in [6, 6.07) is 1.80. The number of aromatic nitrogens is 2. The molecule has 1 aromatic rings. The summed E-state index contributed by atoms with van der Waals surface area (Å²) in [4.78, 5) is 11.1. The number of rotatable bonds is 2. The van der Waals surface area contributed by atoms with E-state index in [9.17, 15) is 0 Å².